The van der Waals surface area contributed by atoms with E-state index in [1.807, 2.05) is 13.8 Å². The van der Waals surface area contributed by atoms with Gasteiger partial charge in [-0.2, -0.15) is 0 Å². The highest BCUT2D eigenvalue weighted by atomic mass is 19.1. The van der Waals surface area contributed by atoms with E-state index in [0.29, 0.717) is 12.0 Å². The van der Waals surface area contributed by atoms with Crippen molar-refractivity contribution in [2.75, 3.05) is 7.11 Å². The number of benzene rings is 1. The number of rotatable bonds is 6. The summed E-state index contributed by atoms with van der Waals surface area (Å²) in [5.41, 5.74) is 0.692. The fourth-order valence-electron chi connectivity index (χ4n) is 1.86. The second kappa shape index (κ2) is 7.62. The minimum atomic E-state index is -0.645. The topological polar surface area (TPSA) is 55.4 Å². The van der Waals surface area contributed by atoms with E-state index in [-0.39, 0.29) is 24.1 Å². The van der Waals surface area contributed by atoms with Gasteiger partial charge in [0, 0.05) is 0 Å². The normalized spacial score (nSPS) is 12.1. The van der Waals surface area contributed by atoms with Crippen LogP contribution in [0, 0.1) is 11.7 Å². The second-order valence-electron chi connectivity index (χ2n) is 5.08. The second-order valence-corrected chi connectivity index (χ2v) is 5.08. The Morgan fingerprint density at radius 1 is 1.25 bits per heavy atom. The smallest absolute Gasteiger partial charge is 0.328 e. The number of hydrogen-bond donors (Lipinski definition) is 1. The lowest BCUT2D eigenvalue weighted by Crippen LogP contribution is -2.43. The summed E-state index contributed by atoms with van der Waals surface area (Å²) in [6.45, 7) is 3.92. The van der Waals surface area contributed by atoms with E-state index in [1.165, 1.54) is 19.2 Å². The van der Waals surface area contributed by atoms with Crippen LogP contribution in [0.25, 0.3) is 0 Å². The Morgan fingerprint density at radius 2 is 1.85 bits per heavy atom. The van der Waals surface area contributed by atoms with E-state index >= 15 is 0 Å². The van der Waals surface area contributed by atoms with Gasteiger partial charge < -0.3 is 10.1 Å². The molecule has 0 radical (unpaired) electrons. The molecule has 0 fully saturated rings. The van der Waals surface area contributed by atoms with Crippen molar-refractivity contribution in [3.05, 3.63) is 35.6 Å². The van der Waals surface area contributed by atoms with Gasteiger partial charge in [-0.05, 0) is 30.0 Å². The number of esters is 1. The third kappa shape index (κ3) is 5.38. The first-order valence-electron chi connectivity index (χ1n) is 6.54. The van der Waals surface area contributed by atoms with Crippen molar-refractivity contribution in [2.24, 2.45) is 5.92 Å². The monoisotopic (exact) mass is 281 g/mol. The molecule has 1 atom stereocenters. The van der Waals surface area contributed by atoms with E-state index in [2.05, 4.69) is 10.1 Å². The Hall–Kier alpha value is -1.91. The average Bonchev–Trinajstić information content (AvgIpc) is 2.39. The van der Waals surface area contributed by atoms with Gasteiger partial charge in [0.15, 0.2) is 0 Å². The lowest BCUT2D eigenvalue weighted by atomic mass is 10.0. The number of hydrogen-bond acceptors (Lipinski definition) is 3. The highest BCUT2D eigenvalue weighted by Gasteiger charge is 2.22. The lowest BCUT2D eigenvalue weighted by molar-refractivity contribution is -0.145. The molecule has 1 aromatic rings. The van der Waals surface area contributed by atoms with E-state index < -0.39 is 12.0 Å². The molecule has 1 rings (SSSR count). The Labute approximate surface area is 118 Å². The maximum absolute atomic E-state index is 12.8. The van der Waals surface area contributed by atoms with Crippen molar-refractivity contribution in [1.82, 2.24) is 5.32 Å². The fourth-order valence-corrected chi connectivity index (χ4v) is 1.86. The molecule has 1 aromatic carbocycles. The first-order chi connectivity index (χ1) is 9.42. The Kier molecular flexibility index (Phi) is 6.15. The summed E-state index contributed by atoms with van der Waals surface area (Å²) in [6, 6.07) is 5.05. The summed E-state index contributed by atoms with van der Waals surface area (Å²) in [5, 5.41) is 2.65. The van der Waals surface area contributed by atoms with Gasteiger partial charge in [0.2, 0.25) is 5.91 Å². The predicted molar refractivity (Wildman–Crippen MR) is 73.5 cm³/mol. The molecule has 0 aromatic heterocycles. The van der Waals surface area contributed by atoms with Crippen LogP contribution < -0.4 is 5.32 Å². The van der Waals surface area contributed by atoms with Gasteiger partial charge >= 0.3 is 5.97 Å². The Morgan fingerprint density at radius 3 is 2.35 bits per heavy atom. The summed E-state index contributed by atoms with van der Waals surface area (Å²) in [4.78, 5) is 23.5. The SMILES string of the molecule is COC(=O)[C@H](CC(C)C)NC(=O)Cc1ccc(F)cc1. The van der Waals surface area contributed by atoms with E-state index in [1.54, 1.807) is 12.1 Å². The third-order valence-corrected chi connectivity index (χ3v) is 2.81. The summed E-state index contributed by atoms with van der Waals surface area (Å²) in [7, 11) is 1.29. The molecule has 0 aliphatic rings. The molecule has 4 nitrogen and oxygen atoms in total. The maximum Gasteiger partial charge on any atom is 0.328 e. The zero-order chi connectivity index (χ0) is 15.1. The highest BCUT2D eigenvalue weighted by molar-refractivity contribution is 5.85. The Balaban J connectivity index is 2.61. The zero-order valence-electron chi connectivity index (χ0n) is 12.0. The molecule has 1 amide bonds. The molecule has 1 N–H and O–H groups in total. The average molecular weight is 281 g/mol. The molecular formula is C15H20FNO3. The van der Waals surface area contributed by atoms with Crippen LogP contribution in [-0.2, 0) is 20.7 Å². The number of amides is 1. The highest BCUT2D eigenvalue weighted by Crippen LogP contribution is 2.08. The van der Waals surface area contributed by atoms with Crippen LogP contribution in [0.3, 0.4) is 0 Å². The first-order valence-corrected chi connectivity index (χ1v) is 6.54. The number of halogens is 1. The molecule has 5 heteroatoms. The molecule has 0 heterocycles. The minimum absolute atomic E-state index is 0.103. The van der Waals surface area contributed by atoms with E-state index in [0.717, 1.165) is 0 Å². The lowest BCUT2D eigenvalue weighted by Gasteiger charge is -2.18. The van der Waals surface area contributed by atoms with Crippen molar-refractivity contribution in [1.29, 1.82) is 0 Å². The Bertz CT molecular complexity index is 457. The molecular weight excluding hydrogens is 261 g/mol. The molecule has 0 saturated heterocycles. The van der Waals surface area contributed by atoms with Crippen molar-refractivity contribution in [2.45, 2.75) is 32.7 Å². The van der Waals surface area contributed by atoms with Gasteiger partial charge in [0.25, 0.3) is 0 Å². The third-order valence-electron chi connectivity index (χ3n) is 2.81. The zero-order valence-corrected chi connectivity index (χ0v) is 12.0. The van der Waals surface area contributed by atoms with Gasteiger partial charge in [0.1, 0.15) is 11.9 Å². The summed E-state index contributed by atoms with van der Waals surface area (Å²) >= 11 is 0. The van der Waals surface area contributed by atoms with Crippen molar-refractivity contribution in [3.8, 4) is 0 Å². The van der Waals surface area contributed by atoms with Crippen LogP contribution in [0.2, 0.25) is 0 Å². The molecule has 0 bridgehead atoms. The van der Waals surface area contributed by atoms with Crippen LogP contribution in [0.4, 0.5) is 4.39 Å². The number of methoxy groups -OCH3 is 1. The van der Waals surface area contributed by atoms with Crippen LogP contribution in [0.1, 0.15) is 25.8 Å². The molecule has 110 valence electrons. The number of ether oxygens (including phenoxy) is 1. The summed E-state index contributed by atoms with van der Waals surface area (Å²) in [5.74, 6) is -0.828. The van der Waals surface area contributed by atoms with Gasteiger partial charge in [-0.15, -0.1) is 0 Å². The number of carbonyl (C=O) groups excluding carboxylic acids is 2. The molecule has 0 aliphatic carbocycles. The predicted octanol–water partition coefficient (Wildman–Crippen LogP) is 2.07. The molecule has 0 spiro atoms. The van der Waals surface area contributed by atoms with Crippen LogP contribution in [-0.4, -0.2) is 25.0 Å². The van der Waals surface area contributed by atoms with E-state index in [4.69, 9.17) is 0 Å². The van der Waals surface area contributed by atoms with Crippen molar-refractivity contribution in [3.63, 3.8) is 0 Å². The molecule has 0 saturated carbocycles. The largest absolute Gasteiger partial charge is 0.467 e. The van der Waals surface area contributed by atoms with Crippen molar-refractivity contribution >= 4 is 11.9 Å². The van der Waals surface area contributed by atoms with Crippen LogP contribution in [0.15, 0.2) is 24.3 Å². The van der Waals surface area contributed by atoms with Gasteiger partial charge in [-0.1, -0.05) is 26.0 Å². The minimum Gasteiger partial charge on any atom is -0.467 e. The van der Waals surface area contributed by atoms with Crippen LogP contribution >= 0.6 is 0 Å². The van der Waals surface area contributed by atoms with Crippen LogP contribution in [0.5, 0.6) is 0 Å². The number of carbonyl (C=O) groups is 2. The van der Waals surface area contributed by atoms with E-state index in [9.17, 15) is 14.0 Å². The fraction of sp³-hybridized carbons (Fsp3) is 0.467. The molecule has 0 unspecified atom stereocenters. The number of nitrogens with one attached hydrogen (secondary N) is 1. The van der Waals surface area contributed by atoms with Gasteiger partial charge in [0.05, 0.1) is 13.5 Å². The quantitative estimate of drug-likeness (QED) is 0.812. The van der Waals surface area contributed by atoms with Gasteiger partial charge in [-0.25, -0.2) is 9.18 Å². The molecule has 0 aliphatic heterocycles. The van der Waals surface area contributed by atoms with Gasteiger partial charge in [-0.3, -0.25) is 4.79 Å². The molecule has 20 heavy (non-hydrogen) atoms. The first kappa shape index (κ1) is 16.1. The standard InChI is InChI=1S/C15H20FNO3/c1-10(2)8-13(15(19)20-3)17-14(18)9-11-4-6-12(16)7-5-11/h4-7,10,13H,8-9H2,1-3H3,(H,17,18)/t13-/m0/s1. The maximum atomic E-state index is 12.8. The van der Waals surface area contributed by atoms with Crippen molar-refractivity contribution < 1.29 is 18.7 Å². The summed E-state index contributed by atoms with van der Waals surface area (Å²) < 4.78 is 17.4. The summed E-state index contributed by atoms with van der Waals surface area (Å²) in [6.07, 6.45) is 0.619.